The molecule has 2 heterocycles. The Labute approximate surface area is 145 Å². The summed E-state index contributed by atoms with van der Waals surface area (Å²) in [5, 5.41) is 0. The van der Waals surface area contributed by atoms with E-state index in [-0.39, 0.29) is 29.3 Å². The van der Waals surface area contributed by atoms with E-state index in [9.17, 15) is 9.18 Å². The molecular weight excluding hydrogens is 325 g/mol. The Bertz CT molecular complexity index is 734. The van der Waals surface area contributed by atoms with Gasteiger partial charge in [-0.2, -0.15) is 0 Å². The van der Waals surface area contributed by atoms with Crippen LogP contribution in [0.4, 0.5) is 4.39 Å². The van der Waals surface area contributed by atoms with Crippen molar-refractivity contribution in [2.24, 2.45) is 0 Å². The van der Waals surface area contributed by atoms with Gasteiger partial charge < -0.3 is 14.4 Å². The fraction of sp³-hybridized carbons (Fsp3) is 0.389. The lowest BCUT2D eigenvalue weighted by Crippen LogP contribution is -2.45. The largest absolute Gasteiger partial charge is 0.453 e. The van der Waals surface area contributed by atoms with Crippen LogP contribution in [0.3, 0.4) is 0 Å². The molecule has 0 radical (unpaired) electrons. The third-order valence-electron chi connectivity index (χ3n) is 4.03. The summed E-state index contributed by atoms with van der Waals surface area (Å²) in [5.41, 5.74) is 0.171. The Kier molecular flexibility index (Phi) is 5.23. The van der Waals surface area contributed by atoms with Crippen molar-refractivity contribution in [3.8, 4) is 11.5 Å². The minimum absolute atomic E-state index is 0.0244. The van der Waals surface area contributed by atoms with E-state index >= 15 is 0 Å². The standard InChI is InChI=1S/C18H20FN3O3/c1-12(2)22(14-5-6-24-10-14)18(23)16-7-13(19)3-4-17(16)25-15-8-20-11-21-9-15/h3-4,7-9,11-12,14H,5-6,10H2,1-2H3. The van der Waals surface area contributed by atoms with Crippen LogP contribution in [0, 0.1) is 5.82 Å². The van der Waals surface area contributed by atoms with Gasteiger partial charge >= 0.3 is 0 Å². The first-order valence-corrected chi connectivity index (χ1v) is 8.19. The minimum atomic E-state index is -0.494. The Balaban J connectivity index is 1.93. The number of carbonyl (C=O) groups excluding carboxylic acids is 1. The summed E-state index contributed by atoms with van der Waals surface area (Å²) in [6.07, 6.45) is 5.11. The molecule has 6 nitrogen and oxygen atoms in total. The van der Waals surface area contributed by atoms with E-state index in [0.717, 1.165) is 6.42 Å². The van der Waals surface area contributed by atoms with E-state index in [0.29, 0.717) is 19.0 Å². The van der Waals surface area contributed by atoms with E-state index in [2.05, 4.69) is 9.97 Å². The molecule has 1 aliphatic rings. The van der Waals surface area contributed by atoms with Crippen LogP contribution in [-0.2, 0) is 4.74 Å². The van der Waals surface area contributed by atoms with Gasteiger partial charge in [0.1, 0.15) is 17.9 Å². The molecule has 1 amide bonds. The van der Waals surface area contributed by atoms with Crippen LogP contribution < -0.4 is 4.74 Å². The maximum absolute atomic E-state index is 13.8. The zero-order valence-corrected chi connectivity index (χ0v) is 14.2. The van der Waals surface area contributed by atoms with Crippen LogP contribution >= 0.6 is 0 Å². The molecule has 7 heteroatoms. The van der Waals surface area contributed by atoms with Crippen molar-refractivity contribution in [1.82, 2.24) is 14.9 Å². The fourth-order valence-corrected chi connectivity index (χ4v) is 2.93. The van der Waals surface area contributed by atoms with Gasteiger partial charge in [0.25, 0.3) is 5.91 Å². The van der Waals surface area contributed by atoms with Crippen molar-refractivity contribution < 1.29 is 18.7 Å². The summed E-state index contributed by atoms with van der Waals surface area (Å²) in [6, 6.07) is 3.83. The molecule has 132 valence electrons. The first-order chi connectivity index (χ1) is 12.1. The van der Waals surface area contributed by atoms with Gasteiger partial charge in [-0.15, -0.1) is 0 Å². The van der Waals surface area contributed by atoms with Crippen LogP contribution in [0.2, 0.25) is 0 Å². The van der Waals surface area contributed by atoms with Crippen molar-refractivity contribution >= 4 is 5.91 Å². The van der Waals surface area contributed by atoms with Gasteiger partial charge in [0, 0.05) is 12.6 Å². The molecule has 0 spiro atoms. The average molecular weight is 345 g/mol. The Morgan fingerprint density at radius 1 is 1.36 bits per heavy atom. The monoisotopic (exact) mass is 345 g/mol. The number of rotatable bonds is 5. The topological polar surface area (TPSA) is 64.6 Å². The van der Waals surface area contributed by atoms with E-state index in [1.807, 2.05) is 13.8 Å². The van der Waals surface area contributed by atoms with Gasteiger partial charge in [0.2, 0.25) is 0 Å². The quantitative estimate of drug-likeness (QED) is 0.833. The Hall–Kier alpha value is -2.54. The lowest BCUT2D eigenvalue weighted by Gasteiger charge is -2.32. The maximum atomic E-state index is 13.8. The van der Waals surface area contributed by atoms with Gasteiger partial charge in [-0.25, -0.2) is 14.4 Å². The highest BCUT2D eigenvalue weighted by Crippen LogP contribution is 2.28. The van der Waals surface area contributed by atoms with E-state index in [1.165, 1.54) is 36.9 Å². The zero-order chi connectivity index (χ0) is 17.8. The molecule has 1 unspecified atom stereocenters. The van der Waals surface area contributed by atoms with Crippen LogP contribution in [0.15, 0.2) is 36.9 Å². The maximum Gasteiger partial charge on any atom is 0.258 e. The number of benzene rings is 1. The molecule has 0 saturated carbocycles. The van der Waals surface area contributed by atoms with Crippen LogP contribution in [0.1, 0.15) is 30.6 Å². The van der Waals surface area contributed by atoms with Crippen molar-refractivity contribution in [1.29, 1.82) is 0 Å². The van der Waals surface area contributed by atoms with E-state index in [4.69, 9.17) is 9.47 Å². The second-order valence-corrected chi connectivity index (χ2v) is 6.14. The molecule has 1 fully saturated rings. The van der Waals surface area contributed by atoms with E-state index < -0.39 is 5.82 Å². The minimum Gasteiger partial charge on any atom is -0.453 e. The molecule has 3 rings (SSSR count). The summed E-state index contributed by atoms with van der Waals surface area (Å²) >= 11 is 0. The summed E-state index contributed by atoms with van der Waals surface area (Å²) < 4.78 is 24.9. The number of hydrogen-bond donors (Lipinski definition) is 0. The molecule has 25 heavy (non-hydrogen) atoms. The first kappa shape index (κ1) is 17.3. The van der Waals surface area contributed by atoms with Gasteiger partial charge in [-0.05, 0) is 38.5 Å². The molecular formula is C18H20FN3O3. The number of hydrogen-bond acceptors (Lipinski definition) is 5. The number of halogens is 1. The number of amides is 1. The molecule has 0 bridgehead atoms. The first-order valence-electron chi connectivity index (χ1n) is 8.19. The highest BCUT2D eigenvalue weighted by atomic mass is 19.1. The Morgan fingerprint density at radius 3 is 2.76 bits per heavy atom. The molecule has 0 N–H and O–H groups in total. The van der Waals surface area contributed by atoms with Crippen molar-refractivity contribution in [2.45, 2.75) is 32.4 Å². The molecule has 1 saturated heterocycles. The third-order valence-corrected chi connectivity index (χ3v) is 4.03. The predicted molar refractivity (Wildman–Crippen MR) is 89.0 cm³/mol. The molecule has 1 aromatic heterocycles. The molecule has 1 aliphatic heterocycles. The van der Waals surface area contributed by atoms with Gasteiger partial charge in [-0.1, -0.05) is 0 Å². The number of aromatic nitrogens is 2. The van der Waals surface area contributed by atoms with Gasteiger partial charge in [0.05, 0.1) is 30.6 Å². The van der Waals surface area contributed by atoms with Crippen molar-refractivity contribution in [2.75, 3.05) is 13.2 Å². The molecule has 2 aromatic rings. The summed E-state index contributed by atoms with van der Waals surface area (Å²) in [7, 11) is 0. The smallest absolute Gasteiger partial charge is 0.258 e. The highest BCUT2D eigenvalue weighted by Gasteiger charge is 2.31. The van der Waals surface area contributed by atoms with Gasteiger partial charge in [-0.3, -0.25) is 4.79 Å². The molecule has 0 aliphatic carbocycles. The number of nitrogens with zero attached hydrogens (tertiary/aromatic N) is 3. The van der Waals surface area contributed by atoms with Crippen molar-refractivity contribution in [3.05, 3.63) is 48.3 Å². The molecule has 1 aromatic carbocycles. The molecule has 1 atom stereocenters. The lowest BCUT2D eigenvalue weighted by molar-refractivity contribution is 0.0578. The second kappa shape index (κ2) is 7.57. The Morgan fingerprint density at radius 2 is 2.12 bits per heavy atom. The summed E-state index contributed by atoms with van der Waals surface area (Å²) in [4.78, 5) is 22.6. The highest BCUT2D eigenvalue weighted by molar-refractivity contribution is 5.97. The van der Waals surface area contributed by atoms with Crippen molar-refractivity contribution in [3.63, 3.8) is 0 Å². The second-order valence-electron chi connectivity index (χ2n) is 6.14. The van der Waals surface area contributed by atoms with Gasteiger partial charge in [0.15, 0.2) is 5.75 Å². The number of carbonyl (C=O) groups is 1. The average Bonchev–Trinajstić information content (AvgIpc) is 3.11. The van der Waals surface area contributed by atoms with Crippen LogP contribution in [0.25, 0.3) is 0 Å². The SMILES string of the molecule is CC(C)N(C(=O)c1cc(F)ccc1Oc1cncnc1)C1CCOC1. The lowest BCUT2D eigenvalue weighted by atomic mass is 10.1. The zero-order valence-electron chi connectivity index (χ0n) is 14.2. The third kappa shape index (κ3) is 3.93. The predicted octanol–water partition coefficient (Wildman–Crippen LogP) is 3.05. The van der Waals surface area contributed by atoms with Crippen LogP contribution in [-0.4, -0.2) is 46.1 Å². The number of ether oxygens (including phenoxy) is 2. The normalized spacial score (nSPS) is 16.9. The van der Waals surface area contributed by atoms with E-state index in [1.54, 1.807) is 4.90 Å². The summed E-state index contributed by atoms with van der Waals surface area (Å²) in [6.45, 7) is 4.97. The fourth-order valence-electron chi connectivity index (χ4n) is 2.93. The summed E-state index contributed by atoms with van der Waals surface area (Å²) in [5.74, 6) is -0.127. The van der Waals surface area contributed by atoms with Crippen LogP contribution in [0.5, 0.6) is 11.5 Å².